The van der Waals surface area contributed by atoms with Gasteiger partial charge in [0.2, 0.25) is 23.1 Å². The molecule has 1 aromatic carbocycles. The minimum absolute atomic E-state index is 0.124. The van der Waals surface area contributed by atoms with Gasteiger partial charge in [-0.05, 0) is 18.9 Å². The van der Waals surface area contributed by atoms with Crippen LogP contribution in [0.1, 0.15) is 31.2 Å². The average molecular weight is 344 g/mol. The van der Waals surface area contributed by atoms with E-state index >= 15 is 0 Å². The first-order valence-corrected chi connectivity index (χ1v) is 7.81. The highest BCUT2D eigenvalue weighted by Gasteiger charge is 2.38. The van der Waals surface area contributed by atoms with E-state index in [1.54, 1.807) is 6.92 Å². The third-order valence-corrected chi connectivity index (χ3v) is 4.21. The molecule has 2 rings (SSSR count). The van der Waals surface area contributed by atoms with Crippen molar-refractivity contribution in [3.05, 3.63) is 58.6 Å². The van der Waals surface area contributed by atoms with Crippen LogP contribution in [0.5, 0.6) is 0 Å². The van der Waals surface area contributed by atoms with Crippen LogP contribution in [-0.4, -0.2) is 36.9 Å². The summed E-state index contributed by atoms with van der Waals surface area (Å²) >= 11 is 0. The number of aliphatic carboxylic acids is 1. The summed E-state index contributed by atoms with van der Waals surface area (Å²) < 4.78 is 10.1. The SMILES string of the molecule is COC1=C(OC)C(=O)C(C(CCC(=O)O)c2ccccc2)=C(C)C1=O. The molecule has 0 radical (unpaired) electrons. The van der Waals surface area contributed by atoms with Crippen LogP contribution in [0, 0.1) is 0 Å². The lowest BCUT2D eigenvalue weighted by atomic mass is 9.79. The maximum absolute atomic E-state index is 12.9. The molecular formula is C19H20O6. The molecule has 0 saturated carbocycles. The van der Waals surface area contributed by atoms with Crippen LogP contribution < -0.4 is 0 Å². The van der Waals surface area contributed by atoms with E-state index in [1.165, 1.54) is 14.2 Å². The van der Waals surface area contributed by atoms with Crippen molar-refractivity contribution >= 4 is 17.5 Å². The summed E-state index contributed by atoms with van der Waals surface area (Å²) in [5.74, 6) is -2.63. The van der Waals surface area contributed by atoms with E-state index in [1.807, 2.05) is 30.3 Å². The van der Waals surface area contributed by atoms with Crippen molar-refractivity contribution in [3.8, 4) is 0 Å². The van der Waals surface area contributed by atoms with Gasteiger partial charge in [-0.1, -0.05) is 30.3 Å². The average Bonchev–Trinajstić information content (AvgIpc) is 2.61. The number of hydrogen-bond donors (Lipinski definition) is 1. The summed E-state index contributed by atoms with van der Waals surface area (Å²) in [5, 5.41) is 9.05. The number of benzene rings is 1. The Bertz CT molecular complexity index is 757. The second kappa shape index (κ2) is 7.79. The maximum atomic E-state index is 12.9. The first kappa shape index (κ1) is 18.4. The highest BCUT2D eigenvalue weighted by molar-refractivity contribution is 6.24. The van der Waals surface area contributed by atoms with Crippen LogP contribution in [0.3, 0.4) is 0 Å². The molecule has 132 valence electrons. The largest absolute Gasteiger partial charge is 0.489 e. The number of rotatable bonds is 7. The molecule has 1 aliphatic rings. The van der Waals surface area contributed by atoms with E-state index in [0.717, 1.165) is 5.56 Å². The van der Waals surface area contributed by atoms with Crippen molar-refractivity contribution in [3.63, 3.8) is 0 Å². The van der Waals surface area contributed by atoms with Crippen LogP contribution >= 0.6 is 0 Å². The van der Waals surface area contributed by atoms with Gasteiger partial charge in [-0.15, -0.1) is 0 Å². The van der Waals surface area contributed by atoms with E-state index < -0.39 is 23.5 Å². The Morgan fingerprint density at radius 1 is 1.04 bits per heavy atom. The van der Waals surface area contributed by atoms with Crippen LogP contribution in [0.2, 0.25) is 0 Å². The van der Waals surface area contributed by atoms with E-state index in [9.17, 15) is 14.4 Å². The molecule has 25 heavy (non-hydrogen) atoms. The van der Waals surface area contributed by atoms with Crippen molar-refractivity contribution in [1.29, 1.82) is 0 Å². The second-order valence-electron chi connectivity index (χ2n) is 5.66. The van der Waals surface area contributed by atoms with Crippen molar-refractivity contribution in [2.24, 2.45) is 0 Å². The Morgan fingerprint density at radius 2 is 1.60 bits per heavy atom. The molecule has 0 amide bonds. The van der Waals surface area contributed by atoms with Gasteiger partial charge in [0, 0.05) is 23.5 Å². The van der Waals surface area contributed by atoms with Gasteiger partial charge in [-0.3, -0.25) is 14.4 Å². The molecule has 0 saturated heterocycles. The number of carbonyl (C=O) groups is 3. The van der Waals surface area contributed by atoms with Gasteiger partial charge in [0.1, 0.15) is 0 Å². The normalized spacial score (nSPS) is 16.1. The fourth-order valence-electron chi connectivity index (χ4n) is 3.01. The maximum Gasteiger partial charge on any atom is 0.303 e. The predicted octanol–water partition coefficient (Wildman–Crippen LogP) is 2.61. The lowest BCUT2D eigenvalue weighted by Crippen LogP contribution is -2.28. The first-order valence-electron chi connectivity index (χ1n) is 7.81. The van der Waals surface area contributed by atoms with E-state index in [-0.39, 0.29) is 35.5 Å². The third-order valence-electron chi connectivity index (χ3n) is 4.21. The van der Waals surface area contributed by atoms with Gasteiger partial charge in [0.25, 0.3) is 0 Å². The van der Waals surface area contributed by atoms with E-state index in [0.29, 0.717) is 0 Å². The molecule has 0 spiro atoms. The third kappa shape index (κ3) is 3.63. The van der Waals surface area contributed by atoms with E-state index in [4.69, 9.17) is 14.6 Å². The summed E-state index contributed by atoms with van der Waals surface area (Å²) in [6, 6.07) is 9.07. The Labute approximate surface area is 145 Å². The van der Waals surface area contributed by atoms with Crippen LogP contribution in [0.15, 0.2) is 53.0 Å². The van der Waals surface area contributed by atoms with Crippen molar-refractivity contribution in [2.45, 2.75) is 25.7 Å². The number of methoxy groups -OCH3 is 2. The molecule has 0 aromatic heterocycles. The lowest BCUT2D eigenvalue weighted by Gasteiger charge is -2.26. The number of carboxylic acids is 1. The zero-order chi connectivity index (χ0) is 18.6. The zero-order valence-corrected chi connectivity index (χ0v) is 14.4. The number of ketones is 2. The van der Waals surface area contributed by atoms with Gasteiger partial charge in [0.15, 0.2) is 0 Å². The Hall–Kier alpha value is -2.89. The molecule has 0 heterocycles. The quantitative estimate of drug-likeness (QED) is 0.765. The van der Waals surface area contributed by atoms with Crippen LogP contribution in [0.4, 0.5) is 0 Å². The number of carboxylic acid groups (broad SMARTS) is 1. The van der Waals surface area contributed by atoms with Gasteiger partial charge in [-0.2, -0.15) is 0 Å². The van der Waals surface area contributed by atoms with E-state index in [2.05, 4.69) is 0 Å². The smallest absolute Gasteiger partial charge is 0.303 e. The van der Waals surface area contributed by atoms with Crippen molar-refractivity contribution in [2.75, 3.05) is 14.2 Å². The van der Waals surface area contributed by atoms with Gasteiger partial charge in [-0.25, -0.2) is 0 Å². The summed E-state index contributed by atoms with van der Waals surface area (Å²) in [6.07, 6.45) is 0.0747. The summed E-state index contributed by atoms with van der Waals surface area (Å²) in [5.41, 5.74) is 1.28. The molecule has 1 aliphatic carbocycles. The number of carbonyl (C=O) groups excluding carboxylic acids is 2. The number of Topliss-reactive ketones (excluding diaryl/α,β-unsaturated/α-hetero) is 2. The number of ether oxygens (including phenoxy) is 2. The Kier molecular flexibility index (Phi) is 5.75. The lowest BCUT2D eigenvalue weighted by molar-refractivity contribution is -0.137. The highest BCUT2D eigenvalue weighted by Crippen LogP contribution is 2.37. The van der Waals surface area contributed by atoms with Crippen LogP contribution in [0.25, 0.3) is 0 Å². The molecule has 1 unspecified atom stereocenters. The molecule has 1 N–H and O–H groups in total. The summed E-state index contributed by atoms with van der Waals surface area (Å²) in [7, 11) is 2.60. The van der Waals surface area contributed by atoms with Gasteiger partial charge < -0.3 is 14.6 Å². The minimum Gasteiger partial charge on any atom is -0.489 e. The number of hydrogen-bond acceptors (Lipinski definition) is 5. The fraction of sp³-hybridized carbons (Fsp3) is 0.316. The standard InChI is InChI=1S/C19H20O6/c1-11-15(17(23)19(25-3)18(24-2)16(11)22)13(9-10-14(20)21)12-7-5-4-6-8-12/h4-8,13H,9-10H2,1-3H3,(H,20,21). The van der Waals surface area contributed by atoms with Crippen molar-refractivity contribution in [1.82, 2.24) is 0 Å². The summed E-state index contributed by atoms with van der Waals surface area (Å²) in [4.78, 5) is 36.5. The molecule has 0 fully saturated rings. The monoisotopic (exact) mass is 344 g/mol. The molecule has 1 atom stereocenters. The topological polar surface area (TPSA) is 89.9 Å². The Balaban J connectivity index is 2.56. The van der Waals surface area contributed by atoms with Crippen molar-refractivity contribution < 1.29 is 29.0 Å². The first-order chi connectivity index (χ1) is 11.9. The number of allylic oxidation sites excluding steroid dienone is 2. The molecule has 0 bridgehead atoms. The van der Waals surface area contributed by atoms with Gasteiger partial charge in [0.05, 0.1) is 14.2 Å². The minimum atomic E-state index is -0.964. The molecule has 0 aliphatic heterocycles. The zero-order valence-electron chi connectivity index (χ0n) is 14.4. The predicted molar refractivity (Wildman–Crippen MR) is 89.8 cm³/mol. The Morgan fingerprint density at radius 3 is 2.12 bits per heavy atom. The molecule has 6 nitrogen and oxygen atoms in total. The summed E-state index contributed by atoms with van der Waals surface area (Å²) in [6.45, 7) is 1.55. The molecule has 6 heteroatoms. The fourth-order valence-corrected chi connectivity index (χ4v) is 3.01. The van der Waals surface area contributed by atoms with Crippen LogP contribution in [-0.2, 0) is 23.9 Å². The highest BCUT2D eigenvalue weighted by atomic mass is 16.5. The molecule has 1 aromatic rings. The molecular weight excluding hydrogens is 324 g/mol. The van der Waals surface area contributed by atoms with Gasteiger partial charge >= 0.3 is 5.97 Å². The second-order valence-corrected chi connectivity index (χ2v) is 5.66.